The maximum Gasteiger partial charge on any atom is 0.0660 e. The maximum atomic E-state index is 6.26. The number of benzene rings is 2. The lowest BCUT2D eigenvalue weighted by Crippen LogP contribution is -2.08. The molecule has 0 bridgehead atoms. The first-order valence-electron chi connectivity index (χ1n) is 7.30. The predicted octanol–water partition coefficient (Wildman–Crippen LogP) is 4.76. The van der Waals surface area contributed by atoms with Crippen LogP contribution in [0.25, 0.3) is 0 Å². The monoisotopic (exact) mass is 311 g/mol. The molecule has 0 amide bonds. The molecule has 112 valence electrons. The molecule has 0 saturated heterocycles. The van der Waals surface area contributed by atoms with Crippen LogP contribution in [-0.2, 0) is 6.54 Å². The van der Waals surface area contributed by atoms with Crippen LogP contribution >= 0.6 is 11.6 Å². The van der Waals surface area contributed by atoms with Crippen LogP contribution in [0, 0.1) is 0 Å². The Hall–Kier alpha value is -2.26. The van der Waals surface area contributed by atoms with E-state index in [9.17, 15) is 0 Å². The average Bonchev–Trinajstić information content (AvgIpc) is 3.01. The SMILES string of the molecule is CC(Nc1cccc(Cn2cccn2)c1)c1ccccc1Cl. The summed E-state index contributed by atoms with van der Waals surface area (Å²) in [7, 11) is 0. The van der Waals surface area contributed by atoms with Gasteiger partial charge in [0.1, 0.15) is 0 Å². The number of anilines is 1. The van der Waals surface area contributed by atoms with Crippen LogP contribution in [0.1, 0.15) is 24.1 Å². The number of hydrogen-bond donors (Lipinski definition) is 1. The van der Waals surface area contributed by atoms with E-state index in [4.69, 9.17) is 11.6 Å². The van der Waals surface area contributed by atoms with Crippen molar-refractivity contribution in [1.29, 1.82) is 0 Å². The third-order valence-corrected chi connectivity index (χ3v) is 3.93. The molecule has 1 N–H and O–H groups in total. The van der Waals surface area contributed by atoms with E-state index >= 15 is 0 Å². The Kier molecular flexibility index (Phi) is 4.45. The highest BCUT2D eigenvalue weighted by Gasteiger charge is 2.09. The molecule has 0 spiro atoms. The molecule has 1 unspecified atom stereocenters. The standard InChI is InChI=1S/C18H18ClN3/c1-14(17-8-2-3-9-18(17)19)21-16-7-4-6-15(12-16)13-22-11-5-10-20-22/h2-12,14,21H,13H2,1H3. The highest BCUT2D eigenvalue weighted by molar-refractivity contribution is 6.31. The maximum absolute atomic E-state index is 6.26. The van der Waals surface area contributed by atoms with E-state index in [0.29, 0.717) is 0 Å². The number of hydrogen-bond acceptors (Lipinski definition) is 2. The normalized spacial score (nSPS) is 12.1. The number of rotatable bonds is 5. The van der Waals surface area contributed by atoms with E-state index in [1.807, 2.05) is 41.2 Å². The number of nitrogens with one attached hydrogen (secondary N) is 1. The van der Waals surface area contributed by atoms with Crippen LogP contribution < -0.4 is 5.32 Å². The third kappa shape index (κ3) is 3.49. The van der Waals surface area contributed by atoms with Gasteiger partial charge in [-0.15, -0.1) is 0 Å². The Morgan fingerprint density at radius 2 is 2.00 bits per heavy atom. The largest absolute Gasteiger partial charge is 0.378 e. The van der Waals surface area contributed by atoms with Crippen molar-refractivity contribution in [3.63, 3.8) is 0 Å². The van der Waals surface area contributed by atoms with Crippen LogP contribution in [0.15, 0.2) is 67.0 Å². The Morgan fingerprint density at radius 1 is 1.14 bits per heavy atom. The van der Waals surface area contributed by atoms with Gasteiger partial charge in [0.15, 0.2) is 0 Å². The van der Waals surface area contributed by atoms with Gasteiger partial charge in [-0.05, 0) is 42.3 Å². The van der Waals surface area contributed by atoms with Crippen molar-refractivity contribution >= 4 is 17.3 Å². The van der Waals surface area contributed by atoms with Crippen molar-refractivity contribution in [3.05, 3.63) is 83.1 Å². The first-order chi connectivity index (χ1) is 10.7. The molecule has 0 aliphatic rings. The molecule has 1 aromatic heterocycles. The van der Waals surface area contributed by atoms with Gasteiger partial charge in [0.25, 0.3) is 0 Å². The van der Waals surface area contributed by atoms with E-state index in [1.54, 1.807) is 6.20 Å². The van der Waals surface area contributed by atoms with Gasteiger partial charge in [-0.3, -0.25) is 4.68 Å². The van der Waals surface area contributed by atoms with E-state index in [0.717, 1.165) is 22.8 Å². The van der Waals surface area contributed by atoms with Gasteiger partial charge in [-0.1, -0.05) is 41.9 Å². The zero-order valence-corrected chi connectivity index (χ0v) is 13.2. The van der Waals surface area contributed by atoms with Crippen LogP contribution in [0.5, 0.6) is 0 Å². The molecule has 22 heavy (non-hydrogen) atoms. The fourth-order valence-electron chi connectivity index (χ4n) is 2.49. The molecule has 0 aliphatic carbocycles. The summed E-state index contributed by atoms with van der Waals surface area (Å²) in [4.78, 5) is 0. The summed E-state index contributed by atoms with van der Waals surface area (Å²) in [6, 6.07) is 18.4. The molecule has 3 nitrogen and oxygen atoms in total. The minimum Gasteiger partial charge on any atom is -0.378 e. The lowest BCUT2D eigenvalue weighted by atomic mass is 10.1. The quantitative estimate of drug-likeness (QED) is 0.736. The summed E-state index contributed by atoms with van der Waals surface area (Å²) in [6.07, 6.45) is 3.76. The van der Waals surface area contributed by atoms with Gasteiger partial charge in [-0.25, -0.2) is 0 Å². The summed E-state index contributed by atoms with van der Waals surface area (Å²) in [5, 5.41) is 8.53. The topological polar surface area (TPSA) is 29.9 Å². The summed E-state index contributed by atoms with van der Waals surface area (Å²) >= 11 is 6.26. The number of nitrogens with zero attached hydrogens (tertiary/aromatic N) is 2. The summed E-state index contributed by atoms with van der Waals surface area (Å²) in [6.45, 7) is 2.88. The van der Waals surface area contributed by atoms with E-state index < -0.39 is 0 Å². The molecule has 1 heterocycles. The number of aromatic nitrogens is 2. The summed E-state index contributed by atoms with van der Waals surface area (Å²) in [5.41, 5.74) is 3.39. The molecular weight excluding hydrogens is 294 g/mol. The summed E-state index contributed by atoms with van der Waals surface area (Å²) < 4.78 is 1.91. The molecule has 2 aromatic carbocycles. The van der Waals surface area contributed by atoms with Crippen molar-refractivity contribution in [3.8, 4) is 0 Å². The molecule has 3 rings (SSSR count). The average molecular weight is 312 g/mol. The zero-order chi connectivity index (χ0) is 15.4. The van der Waals surface area contributed by atoms with Crippen LogP contribution in [0.3, 0.4) is 0 Å². The Bertz CT molecular complexity index is 738. The van der Waals surface area contributed by atoms with Gasteiger partial charge in [0.2, 0.25) is 0 Å². The van der Waals surface area contributed by atoms with Crippen molar-refractivity contribution in [1.82, 2.24) is 9.78 Å². The molecule has 3 aromatic rings. The zero-order valence-electron chi connectivity index (χ0n) is 12.4. The van der Waals surface area contributed by atoms with Crippen molar-refractivity contribution < 1.29 is 0 Å². The van der Waals surface area contributed by atoms with E-state index in [2.05, 4.69) is 41.6 Å². The van der Waals surface area contributed by atoms with E-state index in [1.165, 1.54) is 5.56 Å². The second-order valence-corrected chi connectivity index (χ2v) is 5.70. The van der Waals surface area contributed by atoms with Crippen LogP contribution in [0.4, 0.5) is 5.69 Å². The first-order valence-corrected chi connectivity index (χ1v) is 7.67. The van der Waals surface area contributed by atoms with Crippen LogP contribution in [0.2, 0.25) is 5.02 Å². The lowest BCUT2D eigenvalue weighted by molar-refractivity contribution is 0.687. The molecule has 0 aliphatic heterocycles. The third-order valence-electron chi connectivity index (χ3n) is 3.59. The first kappa shape index (κ1) is 14.7. The second-order valence-electron chi connectivity index (χ2n) is 5.29. The molecule has 0 radical (unpaired) electrons. The Labute approximate surface area is 135 Å². The van der Waals surface area contributed by atoms with Crippen molar-refractivity contribution in [2.75, 3.05) is 5.32 Å². The van der Waals surface area contributed by atoms with Gasteiger partial charge in [0.05, 0.1) is 6.54 Å². The fraction of sp³-hybridized carbons (Fsp3) is 0.167. The highest BCUT2D eigenvalue weighted by atomic mass is 35.5. The Morgan fingerprint density at radius 3 is 2.77 bits per heavy atom. The predicted molar refractivity (Wildman–Crippen MR) is 91.3 cm³/mol. The number of halogens is 1. The molecule has 4 heteroatoms. The van der Waals surface area contributed by atoms with Gasteiger partial charge < -0.3 is 5.32 Å². The molecular formula is C18H18ClN3. The molecule has 0 saturated carbocycles. The van der Waals surface area contributed by atoms with Gasteiger partial charge >= 0.3 is 0 Å². The van der Waals surface area contributed by atoms with Crippen LogP contribution in [-0.4, -0.2) is 9.78 Å². The molecule has 0 fully saturated rings. The fourth-order valence-corrected chi connectivity index (χ4v) is 2.79. The van der Waals surface area contributed by atoms with Gasteiger partial charge in [-0.2, -0.15) is 5.10 Å². The highest BCUT2D eigenvalue weighted by Crippen LogP contribution is 2.26. The molecule has 1 atom stereocenters. The second kappa shape index (κ2) is 6.67. The summed E-state index contributed by atoms with van der Waals surface area (Å²) in [5.74, 6) is 0. The van der Waals surface area contributed by atoms with E-state index in [-0.39, 0.29) is 6.04 Å². The van der Waals surface area contributed by atoms with Crippen molar-refractivity contribution in [2.45, 2.75) is 19.5 Å². The van der Waals surface area contributed by atoms with Crippen molar-refractivity contribution in [2.24, 2.45) is 0 Å². The lowest BCUT2D eigenvalue weighted by Gasteiger charge is -2.17. The minimum absolute atomic E-state index is 0.147. The minimum atomic E-state index is 0.147. The smallest absolute Gasteiger partial charge is 0.0660 e. The van der Waals surface area contributed by atoms with Gasteiger partial charge in [0, 0.05) is 29.1 Å². The Balaban J connectivity index is 1.74.